The minimum atomic E-state index is -0.460. The number of hydrogen-bond acceptors (Lipinski definition) is 5. The number of hydrogen-bond donors (Lipinski definition) is 0. The Kier molecular flexibility index (Phi) is 3.69. The van der Waals surface area contributed by atoms with Crippen LogP contribution in [0.25, 0.3) is 10.9 Å². The molecular weight excluding hydrogens is 236 g/mol. The van der Waals surface area contributed by atoms with Crippen molar-refractivity contribution in [2.45, 2.75) is 0 Å². The van der Waals surface area contributed by atoms with Crippen molar-refractivity contribution < 1.29 is 14.4 Å². The van der Waals surface area contributed by atoms with Crippen LogP contribution in [0.4, 0.5) is 5.69 Å². The molecule has 2 aromatic rings. The Morgan fingerprint density at radius 1 is 1.39 bits per heavy atom. The monoisotopic (exact) mass is 248 g/mol. The Labute approximate surface area is 103 Å². The van der Waals surface area contributed by atoms with Crippen molar-refractivity contribution in [3.05, 3.63) is 40.6 Å². The number of non-ortho nitro benzene ring substituents is 1. The SMILES string of the molecule is COCCOc1cc([N+](=O)[O-])c2ncccc2c1. The summed E-state index contributed by atoms with van der Waals surface area (Å²) < 4.78 is 10.2. The van der Waals surface area contributed by atoms with Crippen molar-refractivity contribution in [1.29, 1.82) is 0 Å². The first kappa shape index (κ1) is 12.3. The Bertz CT molecular complexity index is 571. The fourth-order valence-corrected chi connectivity index (χ4v) is 1.61. The van der Waals surface area contributed by atoms with E-state index in [0.29, 0.717) is 29.9 Å². The van der Waals surface area contributed by atoms with E-state index >= 15 is 0 Å². The Morgan fingerprint density at radius 2 is 2.22 bits per heavy atom. The molecule has 0 saturated heterocycles. The summed E-state index contributed by atoms with van der Waals surface area (Å²) in [5.74, 6) is 0.444. The normalized spacial score (nSPS) is 10.5. The molecule has 1 aromatic carbocycles. The van der Waals surface area contributed by atoms with Crippen molar-refractivity contribution in [3.8, 4) is 5.75 Å². The Hall–Kier alpha value is -2.21. The summed E-state index contributed by atoms with van der Waals surface area (Å²) in [5.41, 5.74) is 0.308. The second kappa shape index (κ2) is 5.42. The van der Waals surface area contributed by atoms with Gasteiger partial charge in [-0.1, -0.05) is 6.07 Å². The molecule has 2 rings (SSSR count). The molecule has 6 heteroatoms. The summed E-state index contributed by atoms with van der Waals surface area (Å²) in [6.07, 6.45) is 1.53. The van der Waals surface area contributed by atoms with Crippen LogP contribution in [0.2, 0.25) is 0 Å². The third-order valence-corrected chi connectivity index (χ3v) is 2.41. The molecule has 0 unspecified atom stereocenters. The zero-order valence-corrected chi connectivity index (χ0v) is 9.83. The number of ether oxygens (including phenoxy) is 2. The third-order valence-electron chi connectivity index (χ3n) is 2.41. The molecule has 0 amide bonds. The second-order valence-electron chi connectivity index (χ2n) is 3.62. The lowest BCUT2D eigenvalue weighted by molar-refractivity contribution is -0.383. The summed E-state index contributed by atoms with van der Waals surface area (Å²) in [6, 6.07) is 6.60. The van der Waals surface area contributed by atoms with Crippen LogP contribution in [0.5, 0.6) is 5.75 Å². The van der Waals surface area contributed by atoms with E-state index < -0.39 is 4.92 Å². The van der Waals surface area contributed by atoms with Crippen LogP contribution in [0.1, 0.15) is 0 Å². The number of nitro benzene ring substituents is 1. The summed E-state index contributed by atoms with van der Waals surface area (Å²) in [6.45, 7) is 0.776. The zero-order valence-electron chi connectivity index (χ0n) is 9.83. The number of nitro groups is 1. The average molecular weight is 248 g/mol. The lowest BCUT2D eigenvalue weighted by atomic mass is 10.2. The molecule has 0 spiro atoms. The van der Waals surface area contributed by atoms with Crippen molar-refractivity contribution >= 4 is 16.6 Å². The minimum absolute atomic E-state index is 0.0551. The standard InChI is InChI=1S/C12H12N2O4/c1-17-5-6-18-10-7-9-3-2-4-13-12(9)11(8-10)14(15)16/h2-4,7-8H,5-6H2,1H3. The number of aromatic nitrogens is 1. The van der Waals surface area contributed by atoms with E-state index in [-0.39, 0.29) is 5.69 Å². The van der Waals surface area contributed by atoms with Gasteiger partial charge in [0, 0.05) is 18.7 Å². The maximum atomic E-state index is 11.0. The van der Waals surface area contributed by atoms with Crippen LogP contribution in [0.3, 0.4) is 0 Å². The molecule has 0 fully saturated rings. The summed E-state index contributed by atoms with van der Waals surface area (Å²) in [4.78, 5) is 14.5. The molecule has 0 bridgehead atoms. The first-order valence-electron chi connectivity index (χ1n) is 5.37. The zero-order chi connectivity index (χ0) is 13.0. The van der Waals surface area contributed by atoms with Gasteiger partial charge in [-0.15, -0.1) is 0 Å². The molecule has 0 aliphatic rings. The van der Waals surface area contributed by atoms with Gasteiger partial charge in [0.05, 0.1) is 17.6 Å². The number of methoxy groups -OCH3 is 1. The molecule has 0 N–H and O–H groups in total. The predicted octanol–water partition coefficient (Wildman–Crippen LogP) is 2.17. The number of benzene rings is 1. The molecule has 0 saturated carbocycles. The smallest absolute Gasteiger partial charge is 0.299 e. The van der Waals surface area contributed by atoms with Gasteiger partial charge in [-0.3, -0.25) is 10.1 Å². The summed E-state index contributed by atoms with van der Waals surface area (Å²) >= 11 is 0. The van der Waals surface area contributed by atoms with Crippen LogP contribution in [-0.2, 0) is 4.74 Å². The number of rotatable bonds is 5. The molecule has 18 heavy (non-hydrogen) atoms. The molecule has 1 aromatic heterocycles. The molecular formula is C12H12N2O4. The minimum Gasteiger partial charge on any atom is -0.491 e. The summed E-state index contributed by atoms with van der Waals surface area (Å²) in [5, 5.41) is 11.7. The summed E-state index contributed by atoms with van der Waals surface area (Å²) in [7, 11) is 1.57. The van der Waals surface area contributed by atoms with E-state index in [2.05, 4.69) is 4.98 Å². The topological polar surface area (TPSA) is 74.5 Å². The van der Waals surface area contributed by atoms with E-state index in [0.717, 1.165) is 0 Å². The quantitative estimate of drug-likeness (QED) is 0.460. The van der Waals surface area contributed by atoms with Gasteiger partial charge in [0.1, 0.15) is 17.9 Å². The van der Waals surface area contributed by atoms with Gasteiger partial charge in [-0.05, 0) is 12.1 Å². The lowest BCUT2D eigenvalue weighted by Crippen LogP contribution is -2.04. The first-order chi connectivity index (χ1) is 8.72. The highest BCUT2D eigenvalue weighted by atomic mass is 16.6. The first-order valence-corrected chi connectivity index (χ1v) is 5.37. The third kappa shape index (κ3) is 2.54. The Balaban J connectivity index is 2.41. The van der Waals surface area contributed by atoms with Crippen molar-refractivity contribution in [2.75, 3.05) is 20.3 Å². The van der Waals surface area contributed by atoms with Gasteiger partial charge in [0.15, 0.2) is 0 Å². The molecule has 0 atom stereocenters. The van der Waals surface area contributed by atoms with E-state index in [1.165, 1.54) is 12.3 Å². The molecule has 0 aliphatic heterocycles. The van der Waals surface area contributed by atoms with Crippen LogP contribution in [-0.4, -0.2) is 30.2 Å². The van der Waals surface area contributed by atoms with Crippen molar-refractivity contribution in [1.82, 2.24) is 4.98 Å². The predicted molar refractivity (Wildman–Crippen MR) is 65.8 cm³/mol. The van der Waals surface area contributed by atoms with E-state index in [1.54, 1.807) is 25.3 Å². The largest absolute Gasteiger partial charge is 0.491 e. The van der Waals surface area contributed by atoms with Gasteiger partial charge < -0.3 is 9.47 Å². The molecule has 0 radical (unpaired) electrons. The highest BCUT2D eigenvalue weighted by Gasteiger charge is 2.15. The number of nitrogens with zero attached hydrogens (tertiary/aromatic N) is 2. The molecule has 1 heterocycles. The van der Waals surface area contributed by atoms with Crippen LogP contribution >= 0.6 is 0 Å². The van der Waals surface area contributed by atoms with Crippen LogP contribution in [0.15, 0.2) is 30.5 Å². The molecule has 94 valence electrons. The van der Waals surface area contributed by atoms with Crippen LogP contribution in [0, 0.1) is 10.1 Å². The van der Waals surface area contributed by atoms with Crippen molar-refractivity contribution in [3.63, 3.8) is 0 Å². The van der Waals surface area contributed by atoms with Gasteiger partial charge in [-0.2, -0.15) is 0 Å². The van der Waals surface area contributed by atoms with Crippen LogP contribution < -0.4 is 4.74 Å². The maximum Gasteiger partial charge on any atom is 0.299 e. The van der Waals surface area contributed by atoms with E-state index in [9.17, 15) is 10.1 Å². The number of fused-ring (bicyclic) bond motifs is 1. The lowest BCUT2D eigenvalue weighted by Gasteiger charge is -2.06. The molecule has 6 nitrogen and oxygen atoms in total. The van der Waals surface area contributed by atoms with Gasteiger partial charge in [0.25, 0.3) is 5.69 Å². The van der Waals surface area contributed by atoms with Gasteiger partial charge in [-0.25, -0.2) is 4.98 Å². The Morgan fingerprint density at radius 3 is 2.94 bits per heavy atom. The fraction of sp³-hybridized carbons (Fsp3) is 0.250. The second-order valence-corrected chi connectivity index (χ2v) is 3.62. The van der Waals surface area contributed by atoms with E-state index in [4.69, 9.17) is 9.47 Å². The van der Waals surface area contributed by atoms with Crippen molar-refractivity contribution in [2.24, 2.45) is 0 Å². The average Bonchev–Trinajstić information content (AvgIpc) is 2.38. The van der Waals surface area contributed by atoms with E-state index in [1.807, 2.05) is 0 Å². The highest BCUT2D eigenvalue weighted by Crippen LogP contribution is 2.29. The van der Waals surface area contributed by atoms with Gasteiger partial charge >= 0.3 is 0 Å². The molecule has 0 aliphatic carbocycles. The maximum absolute atomic E-state index is 11.0. The highest BCUT2D eigenvalue weighted by molar-refractivity contribution is 5.88. The number of pyridine rings is 1. The van der Waals surface area contributed by atoms with Gasteiger partial charge in [0.2, 0.25) is 0 Å². The fourth-order valence-electron chi connectivity index (χ4n) is 1.61.